The van der Waals surface area contributed by atoms with Crippen LogP contribution in [0.1, 0.15) is 26.3 Å². The van der Waals surface area contributed by atoms with Crippen molar-refractivity contribution in [3.05, 3.63) is 23.8 Å². The molecule has 0 aliphatic heterocycles. The Morgan fingerprint density at radius 3 is 2.35 bits per heavy atom. The van der Waals surface area contributed by atoms with E-state index in [1.807, 2.05) is 12.1 Å². The summed E-state index contributed by atoms with van der Waals surface area (Å²) in [5, 5.41) is 2.79. The van der Waals surface area contributed by atoms with Crippen molar-refractivity contribution in [3.63, 3.8) is 0 Å². The molecule has 0 saturated heterocycles. The molecule has 0 aliphatic carbocycles. The van der Waals surface area contributed by atoms with Gasteiger partial charge in [-0.1, -0.05) is 0 Å². The van der Waals surface area contributed by atoms with E-state index in [0.717, 1.165) is 30.8 Å². The van der Waals surface area contributed by atoms with Crippen molar-refractivity contribution in [1.29, 1.82) is 0 Å². The number of benzene rings is 1. The number of amides is 1. The van der Waals surface area contributed by atoms with Crippen LogP contribution >= 0.6 is 24.8 Å². The Morgan fingerprint density at radius 2 is 1.85 bits per heavy atom. The van der Waals surface area contributed by atoms with Crippen LogP contribution in [0.2, 0.25) is 0 Å². The summed E-state index contributed by atoms with van der Waals surface area (Å²) in [6, 6.07) is 6.10. The number of halogens is 2. The van der Waals surface area contributed by atoms with E-state index in [9.17, 15) is 4.79 Å². The second-order valence-corrected chi connectivity index (χ2v) is 4.29. The van der Waals surface area contributed by atoms with Crippen molar-refractivity contribution in [2.24, 2.45) is 0 Å². The summed E-state index contributed by atoms with van der Waals surface area (Å²) in [6.07, 6.45) is 0.764. The van der Waals surface area contributed by atoms with Crippen molar-refractivity contribution in [2.75, 3.05) is 30.3 Å². The molecule has 0 bridgehead atoms. The van der Waals surface area contributed by atoms with Crippen LogP contribution in [0.5, 0.6) is 0 Å². The number of anilines is 2. The average Bonchev–Trinajstić information content (AvgIpc) is 2.34. The van der Waals surface area contributed by atoms with Crippen LogP contribution < -0.4 is 16.0 Å². The molecule has 0 aromatic heterocycles. The lowest BCUT2D eigenvalue weighted by molar-refractivity contribution is -0.118. The zero-order chi connectivity index (χ0) is 13.5. The molecule has 116 valence electrons. The first-order valence-electron chi connectivity index (χ1n) is 6.46. The predicted molar refractivity (Wildman–Crippen MR) is 91.3 cm³/mol. The van der Waals surface area contributed by atoms with E-state index in [4.69, 9.17) is 5.73 Å². The maximum absolute atomic E-state index is 10.8. The fourth-order valence-electron chi connectivity index (χ4n) is 1.97. The highest BCUT2D eigenvalue weighted by Crippen LogP contribution is 2.21. The topological polar surface area (TPSA) is 58.4 Å². The molecule has 4 nitrogen and oxygen atoms in total. The van der Waals surface area contributed by atoms with Crippen molar-refractivity contribution in [2.45, 2.75) is 27.2 Å². The molecule has 0 heterocycles. The molecule has 0 atom stereocenters. The first-order valence-corrected chi connectivity index (χ1v) is 6.46. The van der Waals surface area contributed by atoms with Gasteiger partial charge in [0.15, 0.2) is 0 Å². The quantitative estimate of drug-likeness (QED) is 0.792. The van der Waals surface area contributed by atoms with Gasteiger partial charge in [-0.25, -0.2) is 0 Å². The number of nitrogens with two attached hydrogens (primary N) is 1. The minimum absolute atomic E-state index is 0. The first kappa shape index (κ1) is 21.2. The Kier molecular flexibility index (Phi) is 11.3. The molecule has 20 heavy (non-hydrogen) atoms. The zero-order valence-corrected chi connectivity index (χ0v) is 13.9. The van der Waals surface area contributed by atoms with Gasteiger partial charge < -0.3 is 16.0 Å². The molecule has 1 aromatic carbocycles. The largest absolute Gasteiger partial charge is 0.399 e. The lowest BCUT2D eigenvalue weighted by Crippen LogP contribution is -2.24. The number of hydrogen-bond acceptors (Lipinski definition) is 3. The predicted octanol–water partition coefficient (Wildman–Crippen LogP) is 2.64. The molecule has 0 aliphatic rings. The fraction of sp³-hybridized carbons (Fsp3) is 0.500. The third-order valence-corrected chi connectivity index (χ3v) is 3.02. The minimum Gasteiger partial charge on any atom is -0.399 e. The Hall–Kier alpha value is -1.13. The van der Waals surface area contributed by atoms with Crippen molar-refractivity contribution in [1.82, 2.24) is 5.32 Å². The molecule has 6 heteroatoms. The monoisotopic (exact) mass is 321 g/mol. The van der Waals surface area contributed by atoms with E-state index >= 15 is 0 Å². The average molecular weight is 322 g/mol. The Morgan fingerprint density at radius 1 is 1.25 bits per heavy atom. The van der Waals surface area contributed by atoms with E-state index in [1.54, 1.807) is 0 Å². The maximum Gasteiger partial charge on any atom is 0.216 e. The normalized spacial score (nSPS) is 9.15. The fourth-order valence-corrected chi connectivity index (χ4v) is 1.97. The molecule has 0 spiro atoms. The lowest BCUT2D eigenvalue weighted by Gasteiger charge is -2.22. The number of nitrogens with zero attached hydrogens (tertiary/aromatic N) is 1. The van der Waals surface area contributed by atoms with Crippen LogP contribution in [-0.2, 0) is 11.2 Å². The van der Waals surface area contributed by atoms with Gasteiger partial charge in [0, 0.05) is 37.9 Å². The highest BCUT2D eigenvalue weighted by atomic mass is 35.5. The number of carbonyl (C=O) groups excluding carboxylic acids is 1. The highest BCUT2D eigenvalue weighted by Gasteiger charge is 2.06. The van der Waals surface area contributed by atoms with Crippen molar-refractivity contribution in [3.8, 4) is 0 Å². The van der Waals surface area contributed by atoms with Gasteiger partial charge in [0.25, 0.3) is 0 Å². The van der Waals surface area contributed by atoms with Crippen molar-refractivity contribution < 1.29 is 4.79 Å². The summed E-state index contributed by atoms with van der Waals surface area (Å²) in [4.78, 5) is 13.1. The lowest BCUT2D eigenvalue weighted by atomic mass is 10.1. The Labute approximate surface area is 133 Å². The van der Waals surface area contributed by atoms with E-state index in [2.05, 4.69) is 30.1 Å². The smallest absolute Gasteiger partial charge is 0.216 e. The summed E-state index contributed by atoms with van der Waals surface area (Å²) in [7, 11) is 0. The second-order valence-electron chi connectivity index (χ2n) is 4.29. The van der Waals surface area contributed by atoms with Crippen LogP contribution in [0.15, 0.2) is 18.2 Å². The van der Waals surface area contributed by atoms with Gasteiger partial charge in [-0.3, -0.25) is 4.79 Å². The first-order chi connectivity index (χ1) is 8.58. The molecule has 0 fully saturated rings. The highest BCUT2D eigenvalue weighted by molar-refractivity contribution is 5.85. The molecule has 1 amide bonds. The van der Waals surface area contributed by atoms with Gasteiger partial charge in [0.2, 0.25) is 5.91 Å². The third kappa shape index (κ3) is 6.35. The van der Waals surface area contributed by atoms with Crippen LogP contribution in [0, 0.1) is 0 Å². The molecule has 1 aromatic rings. The maximum atomic E-state index is 10.8. The van der Waals surface area contributed by atoms with Crippen LogP contribution in [-0.4, -0.2) is 25.5 Å². The number of hydrogen-bond donors (Lipinski definition) is 2. The van der Waals surface area contributed by atoms with Gasteiger partial charge in [0.05, 0.1) is 0 Å². The number of nitrogen functional groups attached to an aromatic ring is 1. The van der Waals surface area contributed by atoms with Gasteiger partial charge in [-0.2, -0.15) is 0 Å². The van der Waals surface area contributed by atoms with Crippen LogP contribution in [0.25, 0.3) is 0 Å². The third-order valence-electron chi connectivity index (χ3n) is 3.02. The van der Waals surface area contributed by atoms with E-state index in [1.165, 1.54) is 12.6 Å². The van der Waals surface area contributed by atoms with Gasteiger partial charge >= 0.3 is 0 Å². The van der Waals surface area contributed by atoms with E-state index < -0.39 is 0 Å². The zero-order valence-electron chi connectivity index (χ0n) is 12.3. The number of nitrogens with one attached hydrogen (secondary N) is 1. The summed E-state index contributed by atoms with van der Waals surface area (Å²) in [6.45, 7) is 8.38. The molecule has 0 saturated carbocycles. The molecule has 3 N–H and O–H groups in total. The van der Waals surface area contributed by atoms with Gasteiger partial charge in [-0.15, -0.1) is 24.8 Å². The Balaban J connectivity index is 0. The molecular weight excluding hydrogens is 297 g/mol. The number of carbonyl (C=O) groups is 1. The summed E-state index contributed by atoms with van der Waals surface area (Å²) < 4.78 is 0. The molecular formula is C14H25Cl2N3O. The van der Waals surface area contributed by atoms with E-state index in [0.29, 0.717) is 6.54 Å². The van der Waals surface area contributed by atoms with Gasteiger partial charge in [0.1, 0.15) is 0 Å². The molecule has 1 rings (SSSR count). The van der Waals surface area contributed by atoms with Crippen LogP contribution in [0.4, 0.5) is 11.4 Å². The van der Waals surface area contributed by atoms with E-state index in [-0.39, 0.29) is 30.7 Å². The summed E-state index contributed by atoms with van der Waals surface area (Å²) >= 11 is 0. The van der Waals surface area contributed by atoms with Gasteiger partial charge in [-0.05, 0) is 44.0 Å². The SMILES string of the molecule is CCN(CC)c1ccc(N)c(CCNC(C)=O)c1.Cl.Cl. The van der Waals surface area contributed by atoms with Crippen LogP contribution in [0.3, 0.4) is 0 Å². The van der Waals surface area contributed by atoms with Crippen molar-refractivity contribution >= 4 is 42.1 Å². The Bertz CT molecular complexity index is 409. The molecule has 0 radical (unpaired) electrons. The summed E-state index contributed by atoms with van der Waals surface area (Å²) in [5.74, 6) is -0.00605. The standard InChI is InChI=1S/C14H23N3O.2ClH/c1-4-17(5-2)13-6-7-14(15)12(10-13)8-9-16-11(3)18;;/h6-7,10H,4-5,8-9,15H2,1-3H3,(H,16,18);2*1H. The minimum atomic E-state index is -0.00605. The number of rotatable bonds is 6. The summed E-state index contributed by atoms with van der Waals surface area (Å²) in [5.41, 5.74) is 9.02. The molecule has 0 unspecified atom stereocenters. The second kappa shape index (κ2) is 10.6.